The van der Waals surface area contributed by atoms with Crippen LogP contribution >= 0.6 is 0 Å². The number of nitrogens with one attached hydrogen (secondary N) is 1. The molecular weight excluding hydrogens is 240 g/mol. The van der Waals surface area contributed by atoms with Crippen LogP contribution in [-0.2, 0) is 16.1 Å². The third kappa shape index (κ3) is 4.04. The number of carbonyl (C=O) groups excluding carboxylic acids is 1. The lowest BCUT2D eigenvalue weighted by Crippen LogP contribution is -2.41. The van der Waals surface area contributed by atoms with E-state index in [1.54, 1.807) is 4.90 Å². The number of morpholine rings is 1. The second kappa shape index (κ2) is 6.68. The molecule has 1 heterocycles. The summed E-state index contributed by atoms with van der Waals surface area (Å²) in [5, 5.41) is 3.24. The number of benzene rings is 1. The first kappa shape index (κ1) is 14.0. The molecule has 0 radical (unpaired) electrons. The molecule has 1 aromatic rings. The summed E-state index contributed by atoms with van der Waals surface area (Å²) in [6.07, 6.45) is 0.468. The van der Waals surface area contributed by atoms with E-state index < -0.39 is 0 Å². The molecule has 4 heteroatoms. The Hall–Kier alpha value is -1.39. The fourth-order valence-corrected chi connectivity index (χ4v) is 2.23. The molecule has 1 unspecified atom stereocenters. The van der Waals surface area contributed by atoms with Crippen molar-refractivity contribution in [2.24, 2.45) is 0 Å². The van der Waals surface area contributed by atoms with Gasteiger partial charge in [-0.3, -0.25) is 4.79 Å². The molecule has 19 heavy (non-hydrogen) atoms. The Morgan fingerprint density at radius 3 is 2.95 bits per heavy atom. The Labute approximate surface area is 114 Å². The second-order valence-electron chi connectivity index (χ2n) is 5.08. The molecular formula is C15H22N2O2. The monoisotopic (exact) mass is 262 g/mol. The van der Waals surface area contributed by atoms with E-state index in [0.717, 1.165) is 13.1 Å². The minimum absolute atomic E-state index is 0.0144. The van der Waals surface area contributed by atoms with Gasteiger partial charge in [-0.25, -0.2) is 0 Å². The molecule has 1 atom stereocenters. The molecule has 4 nitrogen and oxygen atoms in total. The maximum absolute atomic E-state index is 12.1. The molecule has 0 aliphatic carbocycles. The molecule has 0 saturated carbocycles. The van der Waals surface area contributed by atoms with Crippen LogP contribution in [0.1, 0.15) is 17.5 Å². The van der Waals surface area contributed by atoms with Crippen molar-refractivity contribution in [1.82, 2.24) is 10.2 Å². The van der Waals surface area contributed by atoms with Gasteiger partial charge in [-0.2, -0.15) is 0 Å². The molecule has 1 aromatic carbocycles. The van der Waals surface area contributed by atoms with Gasteiger partial charge in [0.15, 0.2) is 0 Å². The normalized spacial score (nSPS) is 19.2. The zero-order chi connectivity index (χ0) is 13.7. The molecule has 0 bridgehead atoms. The van der Waals surface area contributed by atoms with Crippen LogP contribution in [0.15, 0.2) is 24.3 Å². The lowest BCUT2D eigenvalue weighted by molar-refractivity contribution is -0.133. The Morgan fingerprint density at radius 2 is 2.26 bits per heavy atom. The fourth-order valence-electron chi connectivity index (χ4n) is 2.23. The minimum Gasteiger partial charge on any atom is -0.375 e. The van der Waals surface area contributed by atoms with E-state index in [1.165, 1.54) is 11.1 Å². The quantitative estimate of drug-likeness (QED) is 0.890. The number of ether oxygens (including phenoxy) is 1. The van der Waals surface area contributed by atoms with Crippen LogP contribution in [0.3, 0.4) is 0 Å². The summed E-state index contributed by atoms with van der Waals surface area (Å²) in [5.74, 6) is 0.136. The van der Waals surface area contributed by atoms with E-state index in [-0.39, 0.29) is 12.0 Å². The van der Waals surface area contributed by atoms with E-state index in [1.807, 2.05) is 19.2 Å². The van der Waals surface area contributed by atoms with Crippen molar-refractivity contribution < 1.29 is 9.53 Å². The average molecular weight is 262 g/mol. The van der Waals surface area contributed by atoms with Gasteiger partial charge in [-0.1, -0.05) is 24.3 Å². The first-order chi connectivity index (χ1) is 9.16. The van der Waals surface area contributed by atoms with Gasteiger partial charge in [0.25, 0.3) is 0 Å². The predicted octanol–water partition coefficient (Wildman–Crippen LogP) is 1.33. The Balaban J connectivity index is 1.87. The molecule has 1 amide bonds. The molecule has 1 saturated heterocycles. The van der Waals surface area contributed by atoms with Crippen LogP contribution in [0.25, 0.3) is 0 Å². The van der Waals surface area contributed by atoms with E-state index >= 15 is 0 Å². The van der Waals surface area contributed by atoms with Gasteiger partial charge in [0, 0.05) is 26.7 Å². The van der Waals surface area contributed by atoms with E-state index in [4.69, 9.17) is 4.74 Å². The molecule has 1 aliphatic rings. The van der Waals surface area contributed by atoms with Crippen molar-refractivity contribution in [3.63, 3.8) is 0 Å². The summed E-state index contributed by atoms with van der Waals surface area (Å²) in [6, 6.07) is 8.16. The topological polar surface area (TPSA) is 41.6 Å². The number of rotatable bonds is 4. The summed E-state index contributed by atoms with van der Waals surface area (Å²) < 4.78 is 5.56. The van der Waals surface area contributed by atoms with Crippen molar-refractivity contribution in [3.05, 3.63) is 35.4 Å². The first-order valence-corrected chi connectivity index (χ1v) is 6.77. The van der Waals surface area contributed by atoms with Crippen molar-refractivity contribution in [1.29, 1.82) is 0 Å². The van der Waals surface area contributed by atoms with Gasteiger partial charge in [0.05, 0.1) is 19.1 Å². The molecule has 0 spiro atoms. The number of hydrogen-bond acceptors (Lipinski definition) is 3. The molecule has 1 N–H and O–H groups in total. The highest BCUT2D eigenvalue weighted by molar-refractivity contribution is 5.76. The molecule has 2 rings (SSSR count). The molecule has 104 valence electrons. The largest absolute Gasteiger partial charge is 0.375 e. The van der Waals surface area contributed by atoms with Crippen molar-refractivity contribution in [2.75, 3.05) is 26.7 Å². The SMILES string of the molecule is Cc1ccccc1CN(C)C(=O)CC1CNCCO1. The maximum Gasteiger partial charge on any atom is 0.225 e. The molecule has 0 aromatic heterocycles. The predicted molar refractivity (Wildman–Crippen MR) is 74.9 cm³/mol. The highest BCUT2D eigenvalue weighted by Crippen LogP contribution is 2.11. The van der Waals surface area contributed by atoms with Crippen LogP contribution in [0, 0.1) is 6.92 Å². The number of amides is 1. The van der Waals surface area contributed by atoms with Crippen molar-refractivity contribution in [3.8, 4) is 0 Å². The zero-order valence-corrected chi connectivity index (χ0v) is 11.7. The summed E-state index contributed by atoms with van der Waals surface area (Å²) >= 11 is 0. The number of aryl methyl sites for hydroxylation is 1. The Morgan fingerprint density at radius 1 is 1.47 bits per heavy atom. The molecule has 1 aliphatic heterocycles. The van der Waals surface area contributed by atoms with E-state index in [0.29, 0.717) is 19.6 Å². The third-order valence-electron chi connectivity index (χ3n) is 3.50. The smallest absolute Gasteiger partial charge is 0.225 e. The summed E-state index contributed by atoms with van der Waals surface area (Å²) in [5.41, 5.74) is 2.42. The number of nitrogens with zero attached hydrogens (tertiary/aromatic N) is 1. The summed E-state index contributed by atoms with van der Waals surface area (Å²) in [7, 11) is 1.85. The van der Waals surface area contributed by atoms with Crippen LogP contribution in [0.5, 0.6) is 0 Å². The third-order valence-corrected chi connectivity index (χ3v) is 3.50. The second-order valence-corrected chi connectivity index (χ2v) is 5.08. The van der Waals surface area contributed by atoms with Crippen LogP contribution in [-0.4, -0.2) is 43.7 Å². The molecule has 1 fully saturated rings. The fraction of sp³-hybridized carbons (Fsp3) is 0.533. The number of hydrogen-bond donors (Lipinski definition) is 1. The highest BCUT2D eigenvalue weighted by Gasteiger charge is 2.19. The summed E-state index contributed by atoms with van der Waals surface area (Å²) in [4.78, 5) is 13.9. The average Bonchev–Trinajstić information content (AvgIpc) is 2.42. The first-order valence-electron chi connectivity index (χ1n) is 6.77. The van der Waals surface area contributed by atoms with Crippen molar-refractivity contribution >= 4 is 5.91 Å². The van der Waals surface area contributed by atoms with Crippen LogP contribution in [0.4, 0.5) is 0 Å². The van der Waals surface area contributed by atoms with E-state index in [9.17, 15) is 4.79 Å². The lowest BCUT2D eigenvalue weighted by atomic mass is 10.1. The van der Waals surface area contributed by atoms with Gasteiger partial charge in [0.1, 0.15) is 0 Å². The van der Waals surface area contributed by atoms with Gasteiger partial charge >= 0.3 is 0 Å². The Kier molecular flexibility index (Phi) is 4.93. The van der Waals surface area contributed by atoms with Gasteiger partial charge in [-0.05, 0) is 18.1 Å². The lowest BCUT2D eigenvalue weighted by Gasteiger charge is -2.25. The standard InChI is InChI=1S/C15H22N2O2/c1-12-5-3-4-6-13(12)11-17(2)15(18)9-14-10-16-7-8-19-14/h3-6,14,16H,7-11H2,1-2H3. The van der Waals surface area contributed by atoms with Crippen LogP contribution in [0.2, 0.25) is 0 Å². The minimum atomic E-state index is 0.0144. The van der Waals surface area contributed by atoms with Crippen LogP contribution < -0.4 is 5.32 Å². The zero-order valence-electron chi connectivity index (χ0n) is 11.7. The van der Waals surface area contributed by atoms with Gasteiger partial charge < -0.3 is 15.0 Å². The van der Waals surface area contributed by atoms with Crippen molar-refractivity contribution in [2.45, 2.75) is 26.0 Å². The maximum atomic E-state index is 12.1. The highest BCUT2D eigenvalue weighted by atomic mass is 16.5. The Bertz CT molecular complexity index is 428. The van der Waals surface area contributed by atoms with Gasteiger partial charge in [-0.15, -0.1) is 0 Å². The van der Waals surface area contributed by atoms with E-state index in [2.05, 4.69) is 24.4 Å². The summed E-state index contributed by atoms with van der Waals surface area (Å²) in [6.45, 7) is 5.07. The van der Waals surface area contributed by atoms with Gasteiger partial charge in [0.2, 0.25) is 5.91 Å². The number of carbonyl (C=O) groups is 1.